The van der Waals surface area contributed by atoms with Gasteiger partial charge in [0.2, 0.25) is 0 Å². The lowest BCUT2D eigenvalue weighted by molar-refractivity contribution is 0.765. The van der Waals surface area contributed by atoms with Crippen molar-refractivity contribution in [2.24, 2.45) is 0 Å². The lowest BCUT2D eigenvalue weighted by atomic mass is 10.1. The van der Waals surface area contributed by atoms with Crippen molar-refractivity contribution in [3.63, 3.8) is 0 Å². The smallest absolute Gasteiger partial charge is 0.147 e. The fourth-order valence-electron chi connectivity index (χ4n) is 1.73. The molecule has 2 heterocycles. The number of hydrogen-bond acceptors (Lipinski definition) is 4. The minimum Gasteiger partial charge on any atom is -0.309 e. The van der Waals surface area contributed by atoms with Gasteiger partial charge >= 0.3 is 0 Å². The molecule has 0 saturated heterocycles. The molecule has 0 aliphatic carbocycles. The van der Waals surface area contributed by atoms with Crippen molar-refractivity contribution in [3.8, 4) is 10.6 Å². The van der Waals surface area contributed by atoms with E-state index in [0.29, 0.717) is 0 Å². The van der Waals surface area contributed by atoms with Gasteiger partial charge in [0.1, 0.15) is 10.5 Å². The second kappa shape index (κ2) is 3.15. The van der Waals surface area contributed by atoms with Gasteiger partial charge in [0.25, 0.3) is 0 Å². The fraction of sp³-hybridized carbons (Fsp3) is 0.200. The van der Waals surface area contributed by atoms with E-state index in [2.05, 4.69) is 33.7 Å². The number of aromatic nitrogens is 2. The van der Waals surface area contributed by atoms with Crippen molar-refractivity contribution >= 4 is 11.3 Å². The molecule has 0 fully saturated rings. The molecule has 3 nitrogen and oxygen atoms in total. The number of nitrogens with zero attached hydrogens (tertiary/aromatic N) is 2. The predicted molar refractivity (Wildman–Crippen MR) is 55.9 cm³/mol. The van der Waals surface area contributed by atoms with Gasteiger partial charge in [0.05, 0.1) is 0 Å². The van der Waals surface area contributed by atoms with E-state index in [1.165, 1.54) is 16.7 Å². The summed E-state index contributed by atoms with van der Waals surface area (Å²) in [6, 6.07) is 6.49. The maximum Gasteiger partial charge on any atom is 0.147 e. The highest BCUT2D eigenvalue weighted by atomic mass is 32.1. The molecule has 0 amide bonds. The molecule has 4 heteroatoms. The normalized spacial score (nSPS) is 14.3. The number of benzene rings is 1. The van der Waals surface area contributed by atoms with Crippen LogP contribution in [-0.2, 0) is 13.1 Å². The Balaban J connectivity index is 2.09. The molecule has 2 aromatic rings. The zero-order valence-electron chi connectivity index (χ0n) is 7.53. The first-order valence-corrected chi connectivity index (χ1v) is 5.40. The number of rotatable bonds is 1. The Kier molecular flexibility index (Phi) is 1.82. The van der Waals surface area contributed by atoms with E-state index in [1.807, 2.05) is 0 Å². The van der Waals surface area contributed by atoms with Crippen molar-refractivity contribution < 1.29 is 0 Å². The third kappa shape index (κ3) is 1.23. The van der Waals surface area contributed by atoms with Crippen molar-refractivity contribution in [1.82, 2.24) is 15.5 Å². The average molecular weight is 203 g/mol. The lowest BCUT2D eigenvalue weighted by Gasteiger charge is -1.99. The van der Waals surface area contributed by atoms with Crippen molar-refractivity contribution in [1.29, 1.82) is 0 Å². The molecule has 3 rings (SSSR count). The van der Waals surface area contributed by atoms with Gasteiger partial charge in [0.15, 0.2) is 0 Å². The fourth-order valence-corrected chi connectivity index (χ4v) is 2.28. The zero-order valence-corrected chi connectivity index (χ0v) is 8.34. The average Bonchev–Trinajstić information content (AvgIpc) is 2.88. The van der Waals surface area contributed by atoms with Crippen LogP contribution in [0, 0.1) is 0 Å². The van der Waals surface area contributed by atoms with Gasteiger partial charge < -0.3 is 5.32 Å². The first-order chi connectivity index (χ1) is 6.93. The zero-order chi connectivity index (χ0) is 9.38. The van der Waals surface area contributed by atoms with Crippen LogP contribution in [0.4, 0.5) is 0 Å². The van der Waals surface area contributed by atoms with Gasteiger partial charge in [-0.25, -0.2) is 0 Å². The van der Waals surface area contributed by atoms with E-state index in [9.17, 15) is 0 Å². The minimum atomic E-state index is 0.974. The molecule has 1 N–H and O–H groups in total. The summed E-state index contributed by atoms with van der Waals surface area (Å²) in [6.07, 6.45) is 0. The summed E-state index contributed by atoms with van der Waals surface area (Å²) in [5, 5.41) is 12.2. The molecule has 1 aliphatic rings. The Morgan fingerprint density at radius 2 is 2.14 bits per heavy atom. The monoisotopic (exact) mass is 203 g/mol. The highest BCUT2D eigenvalue weighted by Crippen LogP contribution is 2.25. The van der Waals surface area contributed by atoms with Crippen LogP contribution in [0.5, 0.6) is 0 Å². The number of nitrogens with one attached hydrogen (secondary N) is 1. The molecular weight excluding hydrogens is 194 g/mol. The van der Waals surface area contributed by atoms with Gasteiger partial charge in [0, 0.05) is 18.7 Å². The summed E-state index contributed by atoms with van der Waals surface area (Å²) in [5.41, 5.74) is 5.73. The third-order valence-corrected chi connectivity index (χ3v) is 3.18. The Morgan fingerprint density at radius 1 is 1.21 bits per heavy atom. The predicted octanol–water partition coefficient (Wildman–Crippen LogP) is 1.81. The van der Waals surface area contributed by atoms with Gasteiger partial charge in [-0.15, -0.1) is 10.2 Å². The molecule has 0 unspecified atom stereocenters. The van der Waals surface area contributed by atoms with Crippen LogP contribution in [0.2, 0.25) is 0 Å². The van der Waals surface area contributed by atoms with Crippen molar-refractivity contribution in [2.75, 3.05) is 0 Å². The topological polar surface area (TPSA) is 37.8 Å². The van der Waals surface area contributed by atoms with E-state index < -0.39 is 0 Å². The Hall–Kier alpha value is -1.26. The summed E-state index contributed by atoms with van der Waals surface area (Å²) >= 11 is 1.58. The second-order valence-electron chi connectivity index (χ2n) is 3.33. The third-order valence-electron chi connectivity index (χ3n) is 2.44. The summed E-state index contributed by atoms with van der Waals surface area (Å²) in [7, 11) is 0. The molecule has 70 valence electrons. The molecular formula is C10H9N3S. The van der Waals surface area contributed by atoms with E-state index in [0.717, 1.165) is 18.1 Å². The van der Waals surface area contributed by atoms with Gasteiger partial charge in [-0.3, -0.25) is 0 Å². The van der Waals surface area contributed by atoms with E-state index in [4.69, 9.17) is 0 Å². The summed E-state index contributed by atoms with van der Waals surface area (Å²) in [6.45, 7) is 1.97. The highest BCUT2D eigenvalue weighted by molar-refractivity contribution is 7.12. The van der Waals surface area contributed by atoms with E-state index in [1.54, 1.807) is 16.8 Å². The first-order valence-electron chi connectivity index (χ1n) is 4.52. The lowest BCUT2D eigenvalue weighted by Crippen LogP contribution is -1.99. The second-order valence-corrected chi connectivity index (χ2v) is 4.16. The maximum absolute atomic E-state index is 4.06. The van der Waals surface area contributed by atoms with Crippen molar-refractivity contribution in [3.05, 3.63) is 34.8 Å². The summed E-state index contributed by atoms with van der Waals surface area (Å²) in [4.78, 5) is 0. The highest BCUT2D eigenvalue weighted by Gasteiger charge is 2.11. The standard InChI is InChI=1S/C10H9N3S/c1-2-8-4-11-5-9(8)3-7(1)10-13-12-6-14-10/h1-3,6,11H,4-5H2. The van der Waals surface area contributed by atoms with Crippen molar-refractivity contribution in [2.45, 2.75) is 13.1 Å². The van der Waals surface area contributed by atoms with Crippen LogP contribution >= 0.6 is 11.3 Å². The number of hydrogen-bond donors (Lipinski definition) is 1. The molecule has 0 spiro atoms. The van der Waals surface area contributed by atoms with Crippen LogP contribution in [-0.4, -0.2) is 10.2 Å². The van der Waals surface area contributed by atoms with Crippen LogP contribution in [0.3, 0.4) is 0 Å². The summed E-state index contributed by atoms with van der Waals surface area (Å²) < 4.78 is 0. The molecule has 1 aromatic carbocycles. The minimum absolute atomic E-state index is 0.974. The molecule has 1 aromatic heterocycles. The largest absolute Gasteiger partial charge is 0.309 e. The molecule has 1 aliphatic heterocycles. The molecule has 0 atom stereocenters. The van der Waals surface area contributed by atoms with E-state index >= 15 is 0 Å². The van der Waals surface area contributed by atoms with Crippen LogP contribution in [0.15, 0.2) is 23.7 Å². The van der Waals surface area contributed by atoms with Crippen LogP contribution in [0.25, 0.3) is 10.6 Å². The number of fused-ring (bicyclic) bond motifs is 1. The summed E-state index contributed by atoms with van der Waals surface area (Å²) in [5.74, 6) is 0. The Bertz CT molecular complexity index is 450. The van der Waals surface area contributed by atoms with Gasteiger partial charge in [-0.2, -0.15) is 0 Å². The molecule has 0 bridgehead atoms. The molecule has 14 heavy (non-hydrogen) atoms. The molecule has 0 saturated carbocycles. The van der Waals surface area contributed by atoms with Crippen LogP contribution in [0.1, 0.15) is 11.1 Å². The van der Waals surface area contributed by atoms with E-state index in [-0.39, 0.29) is 0 Å². The first kappa shape index (κ1) is 8.08. The molecule has 0 radical (unpaired) electrons. The van der Waals surface area contributed by atoms with Gasteiger partial charge in [-0.1, -0.05) is 23.5 Å². The van der Waals surface area contributed by atoms with Crippen LogP contribution < -0.4 is 5.32 Å². The Labute approximate surface area is 85.8 Å². The van der Waals surface area contributed by atoms with Gasteiger partial charge in [-0.05, 0) is 17.2 Å². The Morgan fingerprint density at radius 3 is 3.00 bits per heavy atom. The maximum atomic E-state index is 4.06. The SMILES string of the molecule is c1nnc(-c2ccc3c(c2)CNC3)s1. The quantitative estimate of drug-likeness (QED) is 0.768.